The first-order valence-corrected chi connectivity index (χ1v) is 13.9. The number of hydrogen-bond donors (Lipinski definition) is 1. The Bertz CT molecular complexity index is 1280. The summed E-state index contributed by atoms with van der Waals surface area (Å²) in [5.41, 5.74) is 8.13. The number of fused-ring (bicyclic) bond motifs is 3. The van der Waals surface area contributed by atoms with Crippen LogP contribution in [0.3, 0.4) is 0 Å². The van der Waals surface area contributed by atoms with Crippen LogP contribution in [0.2, 0.25) is 0 Å². The zero-order valence-corrected chi connectivity index (χ0v) is 22.8. The van der Waals surface area contributed by atoms with E-state index in [1.54, 1.807) is 18.0 Å². The zero-order valence-electron chi connectivity index (χ0n) is 22.0. The number of pyridine rings is 1. The lowest BCUT2D eigenvalue weighted by Crippen LogP contribution is -2.30. The molecule has 3 aliphatic rings. The summed E-state index contributed by atoms with van der Waals surface area (Å²) in [4.78, 5) is 17.3. The van der Waals surface area contributed by atoms with Gasteiger partial charge in [0.05, 0.1) is 29.7 Å². The van der Waals surface area contributed by atoms with Crippen molar-refractivity contribution < 1.29 is 19.0 Å². The second kappa shape index (κ2) is 8.88. The number of aliphatic carboxylic acids is 1. The van der Waals surface area contributed by atoms with E-state index in [1.165, 1.54) is 24.6 Å². The van der Waals surface area contributed by atoms with E-state index >= 15 is 0 Å². The summed E-state index contributed by atoms with van der Waals surface area (Å²) < 4.78 is 22.5. The van der Waals surface area contributed by atoms with Gasteiger partial charge in [0, 0.05) is 22.9 Å². The van der Waals surface area contributed by atoms with Crippen LogP contribution in [-0.4, -0.2) is 27.9 Å². The van der Waals surface area contributed by atoms with Gasteiger partial charge >= 0.3 is 5.97 Å². The quantitative estimate of drug-likeness (QED) is 0.423. The molecule has 1 aromatic heterocycles. The van der Waals surface area contributed by atoms with Crippen molar-refractivity contribution in [1.82, 2.24) is 4.98 Å². The van der Waals surface area contributed by atoms with Crippen molar-refractivity contribution in [3.05, 3.63) is 52.0 Å². The smallest absolute Gasteiger partial charge is 0.337 e. The Balaban J connectivity index is 1.82. The highest BCUT2D eigenvalue weighted by atomic mass is 32.2. The van der Waals surface area contributed by atoms with Gasteiger partial charge in [-0.2, -0.15) is 0 Å². The predicted molar refractivity (Wildman–Crippen MR) is 144 cm³/mol. The highest BCUT2D eigenvalue weighted by molar-refractivity contribution is 7.99. The SMILES string of the molecule is CSN1Cc2cc(F)cnc2-c2c(C)c(C3=CCC4(CC3)CC4)c([C@H](OC(C)(C)C)C(=O)O)c(C)c21. The highest BCUT2D eigenvalue weighted by Crippen LogP contribution is 2.58. The van der Waals surface area contributed by atoms with Gasteiger partial charge in [0.2, 0.25) is 0 Å². The maximum atomic E-state index is 14.2. The number of rotatable bonds is 5. The van der Waals surface area contributed by atoms with E-state index in [2.05, 4.69) is 22.3 Å². The number of nitrogens with zero attached hydrogens (tertiary/aromatic N) is 2. The molecule has 2 heterocycles. The third kappa shape index (κ3) is 4.34. The average molecular weight is 511 g/mol. The minimum Gasteiger partial charge on any atom is -0.479 e. The summed E-state index contributed by atoms with van der Waals surface area (Å²) in [6, 6.07) is 1.57. The molecule has 5 nitrogen and oxygen atoms in total. The maximum Gasteiger partial charge on any atom is 0.337 e. The minimum atomic E-state index is -1.10. The van der Waals surface area contributed by atoms with Crippen molar-refractivity contribution in [3.8, 4) is 11.3 Å². The third-order valence-electron chi connectivity index (χ3n) is 7.91. The molecule has 1 aromatic carbocycles. The summed E-state index contributed by atoms with van der Waals surface area (Å²) >= 11 is 1.55. The fraction of sp³-hybridized carbons (Fsp3) is 0.517. The Kier molecular flexibility index (Phi) is 6.23. The lowest BCUT2D eigenvalue weighted by atomic mass is 9.77. The average Bonchev–Trinajstić information content (AvgIpc) is 3.57. The van der Waals surface area contributed by atoms with Crippen molar-refractivity contribution in [2.24, 2.45) is 5.41 Å². The van der Waals surface area contributed by atoms with Crippen molar-refractivity contribution in [3.63, 3.8) is 0 Å². The van der Waals surface area contributed by atoms with Crippen molar-refractivity contribution in [1.29, 1.82) is 0 Å². The van der Waals surface area contributed by atoms with Crippen LogP contribution in [0.1, 0.15) is 86.8 Å². The monoisotopic (exact) mass is 510 g/mol. The molecule has 36 heavy (non-hydrogen) atoms. The number of allylic oxidation sites excluding steroid dienone is 2. The van der Waals surface area contributed by atoms with Crippen LogP contribution >= 0.6 is 11.9 Å². The molecule has 1 N–H and O–H groups in total. The summed E-state index contributed by atoms with van der Waals surface area (Å²) in [6.45, 7) is 10.2. The normalized spacial score (nSPS) is 19.0. The summed E-state index contributed by atoms with van der Waals surface area (Å²) in [7, 11) is 0. The van der Waals surface area contributed by atoms with Gasteiger partial charge in [0.1, 0.15) is 5.82 Å². The van der Waals surface area contributed by atoms with Gasteiger partial charge in [0.25, 0.3) is 0 Å². The zero-order chi connectivity index (χ0) is 26.0. The number of aromatic nitrogens is 1. The van der Waals surface area contributed by atoms with Crippen molar-refractivity contribution in [2.45, 2.75) is 85.0 Å². The van der Waals surface area contributed by atoms with Crippen LogP contribution in [0.4, 0.5) is 10.1 Å². The minimum absolute atomic E-state index is 0.348. The molecule has 0 amide bonds. The molecule has 1 spiro atoms. The molecule has 7 heteroatoms. The first kappa shape index (κ1) is 25.3. The van der Waals surface area contributed by atoms with E-state index in [4.69, 9.17) is 4.74 Å². The summed E-state index contributed by atoms with van der Waals surface area (Å²) in [5, 5.41) is 10.4. The number of carbonyl (C=O) groups is 1. The topological polar surface area (TPSA) is 62.7 Å². The Labute approximate surface area is 217 Å². The number of anilines is 1. The standard InChI is InChI=1S/C29H35FN2O3S/c1-16-21(18-7-9-29(10-8-18)11-12-29)22(26(27(33)34)35-28(3,4)5)17(2)25-23(16)24-19(15-32(25)36-6)13-20(30)14-31-24/h7,13-14,26H,8-12,15H2,1-6H3,(H,33,34)/t26-/m0/s1. The molecular weight excluding hydrogens is 475 g/mol. The van der Waals surface area contributed by atoms with Crippen molar-refractivity contribution in [2.75, 3.05) is 10.6 Å². The molecule has 0 radical (unpaired) electrons. The van der Waals surface area contributed by atoms with Crippen LogP contribution in [0.25, 0.3) is 16.8 Å². The molecule has 2 aliphatic carbocycles. The van der Waals surface area contributed by atoms with E-state index in [0.717, 1.165) is 64.0 Å². The number of ether oxygens (including phenoxy) is 1. The van der Waals surface area contributed by atoms with Crippen LogP contribution in [0, 0.1) is 25.1 Å². The van der Waals surface area contributed by atoms with Gasteiger partial charge in [0.15, 0.2) is 6.10 Å². The first-order valence-electron chi connectivity index (χ1n) is 12.7. The number of halogens is 1. The van der Waals surface area contributed by atoms with Crippen LogP contribution in [-0.2, 0) is 16.1 Å². The highest BCUT2D eigenvalue weighted by Gasteiger charge is 2.44. The van der Waals surface area contributed by atoms with E-state index in [-0.39, 0.29) is 5.82 Å². The Morgan fingerprint density at radius 1 is 1.22 bits per heavy atom. The molecule has 1 atom stereocenters. The molecule has 2 aromatic rings. The molecule has 1 saturated carbocycles. The summed E-state index contributed by atoms with van der Waals surface area (Å²) in [5.74, 6) is -1.34. The molecule has 0 bridgehead atoms. The molecule has 0 saturated heterocycles. The molecule has 0 unspecified atom stereocenters. The number of carboxylic acid groups (broad SMARTS) is 1. The molecule has 192 valence electrons. The van der Waals surface area contributed by atoms with E-state index in [0.29, 0.717) is 12.0 Å². The van der Waals surface area contributed by atoms with Crippen LogP contribution in [0.15, 0.2) is 18.3 Å². The summed E-state index contributed by atoms with van der Waals surface area (Å²) in [6.07, 6.45) is 10.1. The molecule has 1 aliphatic heterocycles. The Morgan fingerprint density at radius 2 is 1.94 bits per heavy atom. The van der Waals surface area contributed by atoms with Gasteiger partial charge < -0.3 is 14.1 Å². The second-order valence-electron chi connectivity index (χ2n) is 11.5. The van der Waals surface area contributed by atoms with Gasteiger partial charge in [-0.15, -0.1) is 0 Å². The lowest BCUT2D eigenvalue weighted by Gasteiger charge is -2.37. The maximum absolute atomic E-state index is 14.2. The lowest BCUT2D eigenvalue weighted by molar-refractivity contribution is -0.160. The molecular formula is C29H35FN2O3S. The van der Waals surface area contributed by atoms with Gasteiger partial charge in [-0.05, 0) is 100 Å². The number of hydrogen-bond acceptors (Lipinski definition) is 5. The first-order chi connectivity index (χ1) is 16.9. The van der Waals surface area contributed by atoms with Gasteiger partial charge in [-0.1, -0.05) is 18.0 Å². The Hall–Kier alpha value is -2.38. The van der Waals surface area contributed by atoms with E-state index in [1.807, 2.05) is 34.0 Å². The van der Waals surface area contributed by atoms with E-state index in [9.17, 15) is 14.3 Å². The van der Waals surface area contributed by atoms with E-state index < -0.39 is 17.7 Å². The van der Waals surface area contributed by atoms with Crippen LogP contribution in [0.5, 0.6) is 0 Å². The molecule has 1 fully saturated rings. The van der Waals surface area contributed by atoms with Gasteiger partial charge in [-0.25, -0.2) is 9.18 Å². The second-order valence-corrected chi connectivity index (χ2v) is 12.3. The van der Waals surface area contributed by atoms with Crippen molar-refractivity contribution >= 4 is 29.2 Å². The van der Waals surface area contributed by atoms with Gasteiger partial charge in [-0.3, -0.25) is 4.98 Å². The molecule has 5 rings (SSSR count). The largest absolute Gasteiger partial charge is 0.479 e. The Morgan fingerprint density at radius 3 is 2.50 bits per heavy atom. The predicted octanol–water partition coefficient (Wildman–Crippen LogP) is 7.39. The fourth-order valence-electron chi connectivity index (χ4n) is 5.95. The third-order valence-corrected chi connectivity index (χ3v) is 8.66. The van der Waals surface area contributed by atoms with Crippen LogP contribution < -0.4 is 4.31 Å². The fourth-order valence-corrected chi connectivity index (χ4v) is 6.63. The number of benzene rings is 1. The number of carboxylic acids is 1.